The van der Waals surface area contributed by atoms with Crippen LogP contribution in [0.4, 0.5) is 11.4 Å². The fourth-order valence-electron chi connectivity index (χ4n) is 1.66. The minimum atomic E-state index is 0.674. The number of nitrogen functional groups attached to an aromatic ring is 1. The summed E-state index contributed by atoms with van der Waals surface area (Å²) in [6.45, 7) is 5.53. The maximum absolute atomic E-state index is 5.88. The molecule has 1 aromatic carbocycles. The van der Waals surface area contributed by atoms with Crippen LogP contribution in [-0.2, 0) is 6.54 Å². The van der Waals surface area contributed by atoms with Crippen LogP contribution in [0.25, 0.3) is 0 Å². The van der Waals surface area contributed by atoms with Crippen LogP contribution in [0.2, 0.25) is 0 Å². The first-order chi connectivity index (χ1) is 9.19. The standard InChI is InChI=1S/C14H19N3OS/c1-3-6-18-14-7-11(4-5-13(14)15)17-9-12-8-16-10(2)19-12/h4-5,7-8,17H,3,6,9,15H2,1-2H3. The summed E-state index contributed by atoms with van der Waals surface area (Å²) in [6.07, 6.45) is 2.87. The Kier molecular flexibility index (Phi) is 4.63. The first kappa shape index (κ1) is 13.7. The third-order valence-corrected chi connectivity index (χ3v) is 3.52. The lowest BCUT2D eigenvalue weighted by Gasteiger charge is -2.11. The van der Waals surface area contributed by atoms with E-state index < -0.39 is 0 Å². The Balaban J connectivity index is 2.00. The van der Waals surface area contributed by atoms with E-state index in [1.807, 2.05) is 31.3 Å². The molecule has 0 aliphatic heterocycles. The summed E-state index contributed by atoms with van der Waals surface area (Å²) in [6, 6.07) is 5.77. The molecule has 1 heterocycles. The summed E-state index contributed by atoms with van der Waals surface area (Å²) < 4.78 is 5.61. The zero-order valence-corrected chi connectivity index (χ0v) is 12.1. The highest BCUT2D eigenvalue weighted by atomic mass is 32.1. The fraction of sp³-hybridized carbons (Fsp3) is 0.357. The van der Waals surface area contributed by atoms with Crippen molar-refractivity contribution in [1.82, 2.24) is 4.98 Å². The van der Waals surface area contributed by atoms with Crippen molar-refractivity contribution in [3.05, 3.63) is 34.3 Å². The summed E-state index contributed by atoms with van der Waals surface area (Å²) in [7, 11) is 0. The summed E-state index contributed by atoms with van der Waals surface area (Å²) in [5.74, 6) is 0.743. The van der Waals surface area contributed by atoms with Crippen molar-refractivity contribution in [3.8, 4) is 5.75 Å². The number of anilines is 2. The second-order valence-electron chi connectivity index (χ2n) is 4.30. The van der Waals surface area contributed by atoms with Gasteiger partial charge in [-0.05, 0) is 25.5 Å². The topological polar surface area (TPSA) is 60.2 Å². The fourth-order valence-corrected chi connectivity index (χ4v) is 2.39. The first-order valence-corrected chi connectivity index (χ1v) is 7.18. The summed E-state index contributed by atoms with van der Waals surface area (Å²) >= 11 is 1.70. The van der Waals surface area contributed by atoms with Gasteiger partial charge in [0.25, 0.3) is 0 Å². The van der Waals surface area contributed by atoms with Crippen molar-refractivity contribution in [2.75, 3.05) is 17.7 Å². The van der Waals surface area contributed by atoms with Crippen LogP contribution in [-0.4, -0.2) is 11.6 Å². The van der Waals surface area contributed by atoms with Gasteiger partial charge in [-0.15, -0.1) is 11.3 Å². The molecule has 2 rings (SSSR count). The van der Waals surface area contributed by atoms with Crippen molar-refractivity contribution in [1.29, 1.82) is 0 Å². The van der Waals surface area contributed by atoms with E-state index in [0.717, 1.165) is 29.4 Å². The molecule has 0 aliphatic carbocycles. The Bertz CT molecular complexity index is 539. The molecular formula is C14H19N3OS. The van der Waals surface area contributed by atoms with Gasteiger partial charge in [0.05, 0.1) is 23.8 Å². The van der Waals surface area contributed by atoms with Gasteiger partial charge in [0.1, 0.15) is 5.75 Å². The molecule has 0 spiro atoms. The molecule has 0 saturated carbocycles. The van der Waals surface area contributed by atoms with Crippen LogP contribution < -0.4 is 15.8 Å². The lowest BCUT2D eigenvalue weighted by molar-refractivity contribution is 0.319. The number of aryl methyl sites for hydroxylation is 1. The number of nitrogens with one attached hydrogen (secondary N) is 1. The third kappa shape index (κ3) is 3.86. The van der Waals surface area contributed by atoms with E-state index in [9.17, 15) is 0 Å². The van der Waals surface area contributed by atoms with E-state index in [0.29, 0.717) is 12.3 Å². The minimum Gasteiger partial charge on any atom is -0.491 e. The average Bonchev–Trinajstić information content (AvgIpc) is 2.82. The Labute approximate surface area is 117 Å². The molecule has 0 atom stereocenters. The Morgan fingerprint density at radius 1 is 1.42 bits per heavy atom. The number of ether oxygens (including phenoxy) is 1. The van der Waals surface area contributed by atoms with Crippen molar-refractivity contribution >= 4 is 22.7 Å². The molecule has 2 aromatic rings. The number of hydrogen-bond acceptors (Lipinski definition) is 5. The van der Waals surface area contributed by atoms with Gasteiger partial charge in [-0.25, -0.2) is 4.98 Å². The van der Waals surface area contributed by atoms with E-state index in [-0.39, 0.29) is 0 Å². The average molecular weight is 277 g/mol. The summed E-state index contributed by atoms with van der Waals surface area (Å²) in [4.78, 5) is 5.45. The Morgan fingerprint density at radius 3 is 2.95 bits per heavy atom. The molecule has 0 radical (unpaired) electrons. The molecule has 1 aromatic heterocycles. The van der Waals surface area contributed by atoms with Gasteiger partial charge in [-0.1, -0.05) is 6.92 Å². The molecule has 0 amide bonds. The smallest absolute Gasteiger partial charge is 0.144 e. The second-order valence-corrected chi connectivity index (χ2v) is 5.62. The van der Waals surface area contributed by atoms with Gasteiger partial charge in [-0.3, -0.25) is 0 Å². The molecule has 5 heteroatoms. The molecule has 0 saturated heterocycles. The summed E-state index contributed by atoms with van der Waals surface area (Å²) in [5, 5.41) is 4.44. The number of hydrogen-bond donors (Lipinski definition) is 2. The minimum absolute atomic E-state index is 0.674. The van der Waals surface area contributed by atoms with Crippen molar-refractivity contribution < 1.29 is 4.74 Å². The molecule has 0 bridgehead atoms. The molecule has 19 heavy (non-hydrogen) atoms. The predicted molar refractivity (Wildman–Crippen MR) is 80.8 cm³/mol. The number of thiazole rings is 1. The Hall–Kier alpha value is -1.75. The molecule has 102 valence electrons. The molecule has 0 aliphatic rings. The van der Waals surface area contributed by atoms with E-state index >= 15 is 0 Å². The number of benzene rings is 1. The summed E-state index contributed by atoms with van der Waals surface area (Å²) in [5.41, 5.74) is 7.56. The zero-order valence-electron chi connectivity index (χ0n) is 11.3. The third-order valence-electron chi connectivity index (χ3n) is 2.61. The Morgan fingerprint density at radius 2 is 2.26 bits per heavy atom. The van der Waals surface area contributed by atoms with Gasteiger partial charge in [0, 0.05) is 22.8 Å². The van der Waals surface area contributed by atoms with Crippen LogP contribution in [0.5, 0.6) is 5.75 Å². The number of aromatic nitrogens is 1. The highest BCUT2D eigenvalue weighted by Crippen LogP contribution is 2.26. The van der Waals surface area contributed by atoms with Gasteiger partial charge < -0.3 is 15.8 Å². The van der Waals surface area contributed by atoms with E-state index in [4.69, 9.17) is 10.5 Å². The predicted octanol–water partition coefficient (Wildman–Crippen LogP) is 3.43. The van der Waals surface area contributed by atoms with Crippen LogP contribution >= 0.6 is 11.3 Å². The number of nitrogens with zero attached hydrogens (tertiary/aromatic N) is 1. The molecule has 0 fully saturated rings. The normalized spacial score (nSPS) is 10.4. The maximum atomic E-state index is 5.88. The van der Waals surface area contributed by atoms with Crippen molar-refractivity contribution in [3.63, 3.8) is 0 Å². The van der Waals surface area contributed by atoms with Crippen molar-refractivity contribution in [2.45, 2.75) is 26.8 Å². The highest BCUT2D eigenvalue weighted by molar-refractivity contribution is 7.11. The molecular weight excluding hydrogens is 258 g/mol. The quantitative estimate of drug-likeness (QED) is 0.794. The van der Waals surface area contributed by atoms with Crippen LogP contribution in [0.1, 0.15) is 23.2 Å². The molecule has 4 nitrogen and oxygen atoms in total. The van der Waals surface area contributed by atoms with Crippen LogP contribution in [0, 0.1) is 6.92 Å². The SMILES string of the molecule is CCCOc1cc(NCc2cnc(C)s2)ccc1N. The lowest BCUT2D eigenvalue weighted by Crippen LogP contribution is -2.02. The number of rotatable bonds is 6. The van der Waals surface area contributed by atoms with E-state index in [1.54, 1.807) is 11.3 Å². The van der Waals surface area contributed by atoms with Crippen molar-refractivity contribution in [2.24, 2.45) is 0 Å². The molecule has 0 unspecified atom stereocenters. The molecule has 3 N–H and O–H groups in total. The highest BCUT2D eigenvalue weighted by Gasteiger charge is 2.03. The second kappa shape index (κ2) is 6.43. The maximum Gasteiger partial charge on any atom is 0.144 e. The largest absolute Gasteiger partial charge is 0.491 e. The van der Waals surface area contributed by atoms with Gasteiger partial charge >= 0.3 is 0 Å². The number of nitrogens with two attached hydrogens (primary N) is 1. The first-order valence-electron chi connectivity index (χ1n) is 6.36. The van der Waals surface area contributed by atoms with E-state index in [1.165, 1.54) is 4.88 Å². The van der Waals surface area contributed by atoms with Crippen LogP contribution in [0.3, 0.4) is 0 Å². The van der Waals surface area contributed by atoms with Gasteiger partial charge in [-0.2, -0.15) is 0 Å². The zero-order chi connectivity index (χ0) is 13.7. The van der Waals surface area contributed by atoms with E-state index in [2.05, 4.69) is 17.2 Å². The van der Waals surface area contributed by atoms with Gasteiger partial charge in [0.2, 0.25) is 0 Å². The van der Waals surface area contributed by atoms with Crippen LogP contribution in [0.15, 0.2) is 24.4 Å². The van der Waals surface area contributed by atoms with Gasteiger partial charge in [0.15, 0.2) is 0 Å². The monoisotopic (exact) mass is 277 g/mol. The lowest BCUT2D eigenvalue weighted by atomic mass is 10.2.